The van der Waals surface area contributed by atoms with E-state index in [0.717, 1.165) is 24.9 Å². The number of amides is 1. The Hall–Kier alpha value is -2.24. The monoisotopic (exact) mass is 260 g/mol. The first-order valence-corrected chi connectivity index (χ1v) is 6.33. The third-order valence-corrected chi connectivity index (χ3v) is 3.45. The maximum Gasteiger partial charge on any atom is 0.299 e. The predicted octanol–water partition coefficient (Wildman–Crippen LogP) is 1.12. The summed E-state index contributed by atoms with van der Waals surface area (Å²) in [6, 6.07) is 5.64. The average molecular weight is 260 g/mol. The van der Waals surface area contributed by atoms with Crippen LogP contribution >= 0.6 is 0 Å². The van der Waals surface area contributed by atoms with Crippen LogP contribution < -0.4 is 16.0 Å². The Labute approximate surface area is 110 Å². The molecular formula is C13H16N4O2. The van der Waals surface area contributed by atoms with Gasteiger partial charge >= 0.3 is 0 Å². The number of nitrogens with one attached hydrogen (secondary N) is 1. The second-order valence-corrected chi connectivity index (χ2v) is 4.69. The highest BCUT2D eigenvalue weighted by Gasteiger charge is 2.33. The van der Waals surface area contributed by atoms with Gasteiger partial charge in [0.15, 0.2) is 5.58 Å². The fourth-order valence-electron chi connectivity index (χ4n) is 2.49. The van der Waals surface area contributed by atoms with Gasteiger partial charge < -0.3 is 20.4 Å². The lowest BCUT2D eigenvalue weighted by atomic mass is 10.2. The molecule has 1 aliphatic heterocycles. The van der Waals surface area contributed by atoms with Gasteiger partial charge in [-0.2, -0.15) is 4.98 Å². The number of nitrogen functional groups attached to an aromatic ring is 1. The fourth-order valence-corrected chi connectivity index (χ4v) is 2.49. The molecule has 3 rings (SSSR count). The van der Waals surface area contributed by atoms with Crippen molar-refractivity contribution in [3.63, 3.8) is 0 Å². The minimum Gasteiger partial charge on any atom is -0.423 e. The van der Waals surface area contributed by atoms with E-state index in [-0.39, 0.29) is 11.9 Å². The number of likely N-dealkylation sites (N-methyl/N-ethyl adjacent to an activating group) is 1. The van der Waals surface area contributed by atoms with E-state index in [1.54, 1.807) is 25.2 Å². The summed E-state index contributed by atoms with van der Waals surface area (Å²) in [7, 11) is 1.64. The van der Waals surface area contributed by atoms with Crippen molar-refractivity contribution >= 4 is 28.7 Å². The molecule has 19 heavy (non-hydrogen) atoms. The highest BCUT2D eigenvalue weighted by molar-refractivity contribution is 5.85. The number of fused-ring (bicyclic) bond motifs is 1. The Morgan fingerprint density at radius 1 is 1.58 bits per heavy atom. The lowest BCUT2D eigenvalue weighted by Gasteiger charge is -2.20. The van der Waals surface area contributed by atoms with E-state index in [1.807, 2.05) is 4.90 Å². The van der Waals surface area contributed by atoms with Crippen LogP contribution in [0.2, 0.25) is 0 Å². The maximum absolute atomic E-state index is 11.8. The minimum absolute atomic E-state index is 0.000676. The number of hydrogen-bond donors (Lipinski definition) is 2. The first kappa shape index (κ1) is 11.8. The van der Waals surface area contributed by atoms with Crippen molar-refractivity contribution in [2.75, 3.05) is 24.2 Å². The van der Waals surface area contributed by atoms with Gasteiger partial charge in [0, 0.05) is 19.3 Å². The third kappa shape index (κ3) is 1.99. The SMILES string of the molecule is CNC(=O)C1CCCN1c1nc2cc(N)ccc2o1. The van der Waals surface area contributed by atoms with Crippen LogP contribution in [0.5, 0.6) is 0 Å². The van der Waals surface area contributed by atoms with Gasteiger partial charge in [0.05, 0.1) is 0 Å². The topological polar surface area (TPSA) is 84.4 Å². The van der Waals surface area contributed by atoms with E-state index in [9.17, 15) is 4.79 Å². The number of nitrogens with two attached hydrogens (primary N) is 1. The molecule has 0 bridgehead atoms. The standard InChI is InChI=1S/C13H16N4O2/c1-15-12(18)10-3-2-6-17(10)13-16-9-7-8(14)4-5-11(9)19-13/h4-5,7,10H,2-3,6,14H2,1H3,(H,15,18). The smallest absolute Gasteiger partial charge is 0.299 e. The van der Waals surface area contributed by atoms with Gasteiger partial charge in [-0.05, 0) is 31.0 Å². The largest absolute Gasteiger partial charge is 0.423 e. The number of hydrogen-bond acceptors (Lipinski definition) is 5. The Balaban J connectivity index is 1.97. The molecule has 1 fully saturated rings. The molecule has 3 N–H and O–H groups in total. The molecule has 1 atom stereocenters. The number of anilines is 2. The van der Waals surface area contributed by atoms with Crippen LogP contribution in [0.4, 0.5) is 11.7 Å². The van der Waals surface area contributed by atoms with E-state index in [2.05, 4.69) is 10.3 Å². The Bertz CT molecular complexity index is 622. The van der Waals surface area contributed by atoms with Crippen molar-refractivity contribution in [3.05, 3.63) is 18.2 Å². The molecule has 100 valence electrons. The summed E-state index contributed by atoms with van der Waals surface area (Å²) in [6.45, 7) is 0.778. The van der Waals surface area contributed by atoms with Crippen molar-refractivity contribution in [2.45, 2.75) is 18.9 Å². The summed E-state index contributed by atoms with van der Waals surface area (Å²) < 4.78 is 5.71. The van der Waals surface area contributed by atoms with E-state index in [1.165, 1.54) is 0 Å². The second kappa shape index (κ2) is 4.46. The highest BCUT2D eigenvalue weighted by atomic mass is 16.4. The van der Waals surface area contributed by atoms with Crippen LogP contribution in [-0.2, 0) is 4.79 Å². The molecule has 0 aliphatic carbocycles. The molecule has 1 aromatic heterocycles. The molecule has 2 aromatic rings. The van der Waals surface area contributed by atoms with Gasteiger partial charge in [-0.15, -0.1) is 0 Å². The van der Waals surface area contributed by atoms with E-state index in [0.29, 0.717) is 17.3 Å². The molecule has 0 spiro atoms. The Kier molecular flexibility index (Phi) is 2.77. The summed E-state index contributed by atoms with van der Waals surface area (Å²) in [5.74, 6) is -0.000676. The van der Waals surface area contributed by atoms with Crippen LogP contribution in [0.15, 0.2) is 22.6 Å². The molecule has 0 saturated carbocycles. The van der Waals surface area contributed by atoms with E-state index in [4.69, 9.17) is 10.2 Å². The van der Waals surface area contributed by atoms with Crippen LogP contribution in [0.25, 0.3) is 11.1 Å². The maximum atomic E-state index is 11.8. The van der Waals surface area contributed by atoms with Crippen LogP contribution in [0, 0.1) is 0 Å². The van der Waals surface area contributed by atoms with Gasteiger partial charge in [0.1, 0.15) is 11.6 Å². The summed E-state index contributed by atoms with van der Waals surface area (Å²) in [5, 5.41) is 2.68. The molecule has 1 unspecified atom stereocenters. The number of oxazole rings is 1. The lowest BCUT2D eigenvalue weighted by Crippen LogP contribution is -2.42. The Morgan fingerprint density at radius 2 is 2.42 bits per heavy atom. The van der Waals surface area contributed by atoms with E-state index < -0.39 is 0 Å². The molecule has 0 radical (unpaired) electrons. The van der Waals surface area contributed by atoms with Crippen LogP contribution in [-0.4, -0.2) is 30.5 Å². The van der Waals surface area contributed by atoms with Gasteiger partial charge in [0.2, 0.25) is 5.91 Å². The molecule has 2 heterocycles. The van der Waals surface area contributed by atoms with E-state index >= 15 is 0 Å². The summed E-state index contributed by atoms with van der Waals surface area (Å²) in [6.07, 6.45) is 1.78. The van der Waals surface area contributed by atoms with Crippen molar-refractivity contribution in [1.29, 1.82) is 0 Å². The van der Waals surface area contributed by atoms with Crippen molar-refractivity contribution in [3.8, 4) is 0 Å². The molecular weight excluding hydrogens is 244 g/mol. The minimum atomic E-state index is -0.199. The summed E-state index contributed by atoms with van der Waals surface area (Å²) >= 11 is 0. The number of aromatic nitrogens is 1. The number of carbonyl (C=O) groups is 1. The second-order valence-electron chi connectivity index (χ2n) is 4.69. The van der Waals surface area contributed by atoms with Gasteiger partial charge in [-0.25, -0.2) is 0 Å². The predicted molar refractivity (Wildman–Crippen MR) is 72.9 cm³/mol. The molecule has 1 saturated heterocycles. The molecule has 1 aliphatic rings. The first-order valence-electron chi connectivity index (χ1n) is 6.33. The van der Waals surface area contributed by atoms with Gasteiger partial charge in [0.25, 0.3) is 6.01 Å². The number of rotatable bonds is 2. The zero-order chi connectivity index (χ0) is 13.4. The van der Waals surface area contributed by atoms with Crippen LogP contribution in [0.3, 0.4) is 0 Å². The van der Waals surface area contributed by atoms with Gasteiger partial charge in [-0.3, -0.25) is 4.79 Å². The van der Waals surface area contributed by atoms with Crippen molar-refractivity contribution < 1.29 is 9.21 Å². The average Bonchev–Trinajstić information content (AvgIpc) is 3.02. The summed E-state index contributed by atoms with van der Waals surface area (Å²) in [5.41, 5.74) is 7.78. The summed E-state index contributed by atoms with van der Waals surface area (Å²) in [4.78, 5) is 18.2. The zero-order valence-electron chi connectivity index (χ0n) is 10.7. The quantitative estimate of drug-likeness (QED) is 0.791. The third-order valence-electron chi connectivity index (χ3n) is 3.45. The fraction of sp³-hybridized carbons (Fsp3) is 0.385. The zero-order valence-corrected chi connectivity index (χ0v) is 10.7. The van der Waals surface area contributed by atoms with Crippen LogP contribution in [0.1, 0.15) is 12.8 Å². The highest BCUT2D eigenvalue weighted by Crippen LogP contribution is 2.29. The van der Waals surface area contributed by atoms with Crippen molar-refractivity contribution in [1.82, 2.24) is 10.3 Å². The molecule has 6 heteroatoms. The number of nitrogens with zero attached hydrogens (tertiary/aromatic N) is 2. The molecule has 6 nitrogen and oxygen atoms in total. The Morgan fingerprint density at radius 3 is 3.21 bits per heavy atom. The first-order chi connectivity index (χ1) is 9.19. The molecule has 1 aromatic carbocycles. The normalized spacial score (nSPS) is 19.0. The van der Waals surface area contributed by atoms with Crippen molar-refractivity contribution in [2.24, 2.45) is 0 Å². The molecule has 1 amide bonds. The van der Waals surface area contributed by atoms with Gasteiger partial charge in [-0.1, -0.05) is 0 Å². The number of carbonyl (C=O) groups excluding carboxylic acids is 1. The number of benzene rings is 1. The lowest BCUT2D eigenvalue weighted by molar-refractivity contribution is -0.121.